The van der Waals surface area contributed by atoms with Crippen LogP contribution in [0.1, 0.15) is 30.9 Å². The van der Waals surface area contributed by atoms with Crippen molar-refractivity contribution in [2.75, 3.05) is 0 Å². The Balaban J connectivity index is 2.51. The van der Waals surface area contributed by atoms with E-state index in [1.165, 1.54) is 11.1 Å². The quantitative estimate of drug-likeness (QED) is 0.647. The van der Waals surface area contributed by atoms with Crippen molar-refractivity contribution in [3.8, 4) is 0 Å². The molecule has 1 heterocycles. The van der Waals surface area contributed by atoms with E-state index in [1.807, 2.05) is 12.1 Å². The molecule has 0 aromatic heterocycles. The molecule has 1 aromatic carbocycles. The monoisotopic (exact) mass is 176 g/mol. The summed E-state index contributed by atoms with van der Waals surface area (Å²) in [5, 5.41) is 9.47. The first-order valence-electron chi connectivity index (χ1n) is 4.61. The summed E-state index contributed by atoms with van der Waals surface area (Å²) in [4.78, 5) is 0. The topological polar surface area (TPSA) is 29.5 Å². The van der Waals surface area contributed by atoms with Gasteiger partial charge in [-0.05, 0) is 22.5 Å². The molecular weight excluding hydrogens is 163 g/mol. The normalized spacial score (nSPS) is 15.2. The lowest BCUT2D eigenvalue weighted by molar-refractivity contribution is 0.274. The molecule has 0 unspecified atom stereocenters. The Morgan fingerprint density at radius 3 is 2.92 bits per heavy atom. The van der Waals surface area contributed by atoms with Crippen LogP contribution in [0.2, 0.25) is 0 Å². The highest BCUT2D eigenvalue weighted by molar-refractivity contribution is 6.61. The molecule has 3 heteroatoms. The predicted octanol–water partition coefficient (Wildman–Crippen LogP) is 1.03. The highest BCUT2D eigenvalue weighted by Crippen LogP contribution is 2.22. The summed E-state index contributed by atoms with van der Waals surface area (Å²) >= 11 is 0. The SMILES string of the molecule is CC(C)c1cccc2c1COB2O. The van der Waals surface area contributed by atoms with E-state index in [-0.39, 0.29) is 0 Å². The number of benzene rings is 1. The number of rotatable bonds is 1. The summed E-state index contributed by atoms with van der Waals surface area (Å²) in [6.07, 6.45) is 0. The Hall–Kier alpha value is -0.795. The molecule has 0 fully saturated rings. The van der Waals surface area contributed by atoms with Crippen molar-refractivity contribution in [2.45, 2.75) is 26.4 Å². The Morgan fingerprint density at radius 1 is 1.46 bits per heavy atom. The highest BCUT2D eigenvalue weighted by atomic mass is 16.5. The van der Waals surface area contributed by atoms with Crippen LogP contribution < -0.4 is 5.46 Å². The van der Waals surface area contributed by atoms with Crippen LogP contribution in [0.5, 0.6) is 0 Å². The molecule has 0 saturated carbocycles. The molecule has 1 aromatic rings. The summed E-state index contributed by atoms with van der Waals surface area (Å²) in [5.41, 5.74) is 3.39. The van der Waals surface area contributed by atoms with Crippen molar-refractivity contribution in [3.63, 3.8) is 0 Å². The molecule has 13 heavy (non-hydrogen) atoms. The Morgan fingerprint density at radius 2 is 2.23 bits per heavy atom. The lowest BCUT2D eigenvalue weighted by Crippen LogP contribution is -2.28. The third kappa shape index (κ3) is 1.38. The van der Waals surface area contributed by atoms with Crippen molar-refractivity contribution in [1.82, 2.24) is 0 Å². The molecule has 2 rings (SSSR count). The van der Waals surface area contributed by atoms with Crippen LogP contribution in [0.3, 0.4) is 0 Å². The minimum Gasteiger partial charge on any atom is -0.423 e. The lowest BCUT2D eigenvalue weighted by atomic mass is 9.77. The fourth-order valence-electron chi connectivity index (χ4n) is 1.81. The molecular formula is C10H13BO2. The van der Waals surface area contributed by atoms with Crippen molar-refractivity contribution in [3.05, 3.63) is 29.3 Å². The largest absolute Gasteiger partial charge is 0.491 e. The van der Waals surface area contributed by atoms with E-state index >= 15 is 0 Å². The van der Waals surface area contributed by atoms with Gasteiger partial charge < -0.3 is 9.68 Å². The van der Waals surface area contributed by atoms with Crippen LogP contribution in [0.4, 0.5) is 0 Å². The van der Waals surface area contributed by atoms with E-state index < -0.39 is 7.12 Å². The molecule has 0 saturated heterocycles. The average molecular weight is 176 g/mol. The van der Waals surface area contributed by atoms with Crippen molar-refractivity contribution >= 4 is 12.6 Å². The second kappa shape index (κ2) is 3.16. The Labute approximate surface area is 78.7 Å². The van der Waals surface area contributed by atoms with Gasteiger partial charge in [-0.2, -0.15) is 0 Å². The van der Waals surface area contributed by atoms with Crippen LogP contribution >= 0.6 is 0 Å². The van der Waals surface area contributed by atoms with Gasteiger partial charge in [0.1, 0.15) is 0 Å². The van der Waals surface area contributed by atoms with Crippen molar-refractivity contribution < 1.29 is 9.68 Å². The first-order valence-corrected chi connectivity index (χ1v) is 4.61. The van der Waals surface area contributed by atoms with Crippen LogP contribution in [0.15, 0.2) is 18.2 Å². The van der Waals surface area contributed by atoms with Gasteiger partial charge in [0.15, 0.2) is 0 Å². The van der Waals surface area contributed by atoms with Gasteiger partial charge in [-0.3, -0.25) is 0 Å². The smallest absolute Gasteiger partial charge is 0.423 e. The molecule has 0 aliphatic carbocycles. The van der Waals surface area contributed by atoms with Gasteiger partial charge in [0.2, 0.25) is 0 Å². The molecule has 0 atom stereocenters. The van der Waals surface area contributed by atoms with Crippen LogP contribution in [0, 0.1) is 0 Å². The maximum atomic E-state index is 9.47. The fraction of sp³-hybridized carbons (Fsp3) is 0.400. The van der Waals surface area contributed by atoms with Crippen LogP contribution in [-0.2, 0) is 11.3 Å². The molecule has 0 bridgehead atoms. The maximum absolute atomic E-state index is 9.47. The zero-order valence-corrected chi connectivity index (χ0v) is 7.95. The van der Waals surface area contributed by atoms with Crippen molar-refractivity contribution in [2.24, 2.45) is 0 Å². The van der Waals surface area contributed by atoms with Gasteiger partial charge in [0.25, 0.3) is 0 Å². The van der Waals surface area contributed by atoms with Gasteiger partial charge >= 0.3 is 7.12 Å². The molecule has 1 aliphatic rings. The average Bonchev–Trinajstić information content (AvgIpc) is 2.48. The van der Waals surface area contributed by atoms with E-state index in [9.17, 15) is 5.02 Å². The molecule has 0 amide bonds. The highest BCUT2D eigenvalue weighted by Gasteiger charge is 2.28. The zero-order chi connectivity index (χ0) is 9.42. The van der Waals surface area contributed by atoms with E-state index in [0.29, 0.717) is 12.5 Å². The Bertz CT molecular complexity index is 323. The summed E-state index contributed by atoms with van der Waals surface area (Å²) in [7, 11) is -0.714. The number of hydrogen-bond acceptors (Lipinski definition) is 2. The molecule has 2 nitrogen and oxygen atoms in total. The van der Waals surface area contributed by atoms with E-state index in [4.69, 9.17) is 4.65 Å². The predicted molar refractivity (Wildman–Crippen MR) is 52.9 cm³/mol. The molecule has 1 N–H and O–H groups in total. The lowest BCUT2D eigenvalue weighted by Gasteiger charge is -2.10. The number of fused-ring (bicyclic) bond motifs is 1. The zero-order valence-electron chi connectivity index (χ0n) is 7.95. The van der Waals surface area contributed by atoms with Crippen LogP contribution in [0.25, 0.3) is 0 Å². The van der Waals surface area contributed by atoms with Gasteiger partial charge in [0.05, 0.1) is 6.61 Å². The fourth-order valence-corrected chi connectivity index (χ4v) is 1.81. The number of hydrogen-bond donors (Lipinski definition) is 1. The Kier molecular flexibility index (Phi) is 2.14. The summed E-state index contributed by atoms with van der Waals surface area (Å²) in [5.74, 6) is 0.490. The minimum atomic E-state index is -0.714. The molecule has 0 radical (unpaired) electrons. The molecule has 1 aliphatic heterocycles. The van der Waals surface area contributed by atoms with E-state index in [2.05, 4.69) is 19.9 Å². The molecule has 68 valence electrons. The van der Waals surface area contributed by atoms with Gasteiger partial charge in [-0.25, -0.2) is 0 Å². The molecule has 0 spiro atoms. The standard InChI is InChI=1S/C10H13BO2/c1-7(2)8-4-3-5-10-9(8)6-13-11(10)12/h3-5,7,12H,6H2,1-2H3. The summed E-state index contributed by atoms with van der Waals surface area (Å²) < 4.78 is 5.17. The first kappa shape index (κ1) is 8.79. The third-order valence-electron chi connectivity index (χ3n) is 2.52. The van der Waals surface area contributed by atoms with E-state index in [0.717, 1.165) is 5.46 Å². The van der Waals surface area contributed by atoms with Gasteiger partial charge in [-0.15, -0.1) is 0 Å². The first-order chi connectivity index (χ1) is 6.20. The van der Waals surface area contributed by atoms with Gasteiger partial charge in [0, 0.05) is 0 Å². The maximum Gasteiger partial charge on any atom is 0.491 e. The summed E-state index contributed by atoms with van der Waals surface area (Å²) in [6.45, 7) is 4.85. The second-order valence-electron chi connectivity index (χ2n) is 3.73. The van der Waals surface area contributed by atoms with Crippen molar-refractivity contribution in [1.29, 1.82) is 0 Å². The summed E-state index contributed by atoms with van der Waals surface area (Å²) in [6, 6.07) is 6.01. The van der Waals surface area contributed by atoms with E-state index in [1.54, 1.807) is 0 Å². The third-order valence-corrected chi connectivity index (χ3v) is 2.52. The second-order valence-corrected chi connectivity index (χ2v) is 3.73. The van der Waals surface area contributed by atoms with Gasteiger partial charge in [-0.1, -0.05) is 32.0 Å². The van der Waals surface area contributed by atoms with Crippen LogP contribution in [-0.4, -0.2) is 12.1 Å². The minimum absolute atomic E-state index is 0.490.